The van der Waals surface area contributed by atoms with Gasteiger partial charge in [0.2, 0.25) is 0 Å². The van der Waals surface area contributed by atoms with Gasteiger partial charge in [0.05, 0.1) is 5.39 Å². The van der Waals surface area contributed by atoms with Crippen molar-refractivity contribution in [1.82, 2.24) is 0 Å². The third-order valence-electron chi connectivity index (χ3n) is 2.65. The summed E-state index contributed by atoms with van der Waals surface area (Å²) in [5.74, 6) is -1.01. The Labute approximate surface area is 130 Å². The summed E-state index contributed by atoms with van der Waals surface area (Å²) in [6.07, 6.45) is 0. The molecule has 0 aliphatic rings. The molecule has 0 saturated carbocycles. The van der Waals surface area contributed by atoms with E-state index in [1.807, 2.05) is 0 Å². The number of ether oxygens (including phenoxy) is 2. The number of carbonyl (C=O) groups is 2. The third kappa shape index (κ3) is 2.89. The van der Waals surface area contributed by atoms with Gasteiger partial charge in [0.15, 0.2) is 11.5 Å². The van der Waals surface area contributed by atoms with Gasteiger partial charge in [-0.1, -0.05) is 35.3 Å². The van der Waals surface area contributed by atoms with E-state index in [-0.39, 0.29) is 21.5 Å². The van der Waals surface area contributed by atoms with Gasteiger partial charge in [-0.3, -0.25) is 9.59 Å². The number of rotatable bonds is 2. The summed E-state index contributed by atoms with van der Waals surface area (Å²) in [4.78, 5) is 22.5. The van der Waals surface area contributed by atoms with Crippen molar-refractivity contribution < 1.29 is 19.1 Å². The standard InChI is InChI=1S/C14H11Cl2NO4/c1-6(18)20-13-8-4-3-5-9(17)10(8)14(21-7(2)19)12(16)11(13)15/h3-5H,17H2,1-2H3. The van der Waals surface area contributed by atoms with Crippen LogP contribution in [0, 0.1) is 0 Å². The number of carbonyl (C=O) groups excluding carboxylic acids is 2. The first-order valence-electron chi connectivity index (χ1n) is 5.89. The Bertz CT molecular complexity index is 758. The Morgan fingerprint density at radius 1 is 1.00 bits per heavy atom. The van der Waals surface area contributed by atoms with Crippen molar-refractivity contribution in [1.29, 1.82) is 0 Å². The van der Waals surface area contributed by atoms with Crippen molar-refractivity contribution in [3.8, 4) is 11.5 Å². The number of halogens is 2. The van der Waals surface area contributed by atoms with Gasteiger partial charge < -0.3 is 15.2 Å². The fourth-order valence-electron chi connectivity index (χ4n) is 1.92. The molecule has 0 fully saturated rings. The second-order valence-electron chi connectivity index (χ2n) is 4.24. The van der Waals surface area contributed by atoms with Gasteiger partial charge in [-0.2, -0.15) is 0 Å². The molecule has 2 rings (SSSR count). The lowest BCUT2D eigenvalue weighted by atomic mass is 10.1. The van der Waals surface area contributed by atoms with E-state index in [4.69, 9.17) is 38.4 Å². The van der Waals surface area contributed by atoms with Crippen molar-refractivity contribution in [3.63, 3.8) is 0 Å². The third-order valence-corrected chi connectivity index (χ3v) is 3.47. The molecule has 2 N–H and O–H groups in total. The molecule has 0 heterocycles. The van der Waals surface area contributed by atoms with Crippen molar-refractivity contribution in [2.45, 2.75) is 13.8 Å². The van der Waals surface area contributed by atoms with Crippen molar-refractivity contribution in [3.05, 3.63) is 28.2 Å². The number of benzene rings is 2. The first kappa shape index (κ1) is 15.4. The van der Waals surface area contributed by atoms with Crippen molar-refractivity contribution in [2.24, 2.45) is 0 Å². The van der Waals surface area contributed by atoms with Crippen molar-refractivity contribution >= 4 is 51.6 Å². The largest absolute Gasteiger partial charge is 0.424 e. The number of hydrogen-bond acceptors (Lipinski definition) is 5. The van der Waals surface area contributed by atoms with E-state index < -0.39 is 11.9 Å². The maximum Gasteiger partial charge on any atom is 0.308 e. The molecule has 0 bridgehead atoms. The number of fused-ring (bicyclic) bond motifs is 1. The highest BCUT2D eigenvalue weighted by Gasteiger charge is 2.23. The zero-order chi connectivity index (χ0) is 15.7. The van der Waals surface area contributed by atoms with Crippen LogP contribution in [0.4, 0.5) is 5.69 Å². The minimum absolute atomic E-state index is 0.0267. The first-order chi connectivity index (χ1) is 9.82. The van der Waals surface area contributed by atoms with Gasteiger partial charge in [0, 0.05) is 24.9 Å². The zero-order valence-electron chi connectivity index (χ0n) is 11.2. The molecule has 0 saturated heterocycles. The molecule has 0 unspecified atom stereocenters. The molecule has 21 heavy (non-hydrogen) atoms. The molecule has 7 heteroatoms. The molecule has 0 aromatic heterocycles. The molecule has 0 aliphatic heterocycles. The predicted molar refractivity (Wildman–Crippen MR) is 81.0 cm³/mol. The van der Waals surface area contributed by atoms with Gasteiger partial charge in [-0.15, -0.1) is 0 Å². The molecule has 110 valence electrons. The van der Waals surface area contributed by atoms with Crippen LogP contribution >= 0.6 is 23.2 Å². The molecule has 0 radical (unpaired) electrons. The van der Waals surface area contributed by atoms with Crippen LogP contribution in [-0.2, 0) is 9.59 Å². The smallest absolute Gasteiger partial charge is 0.308 e. The van der Waals surface area contributed by atoms with Gasteiger partial charge in [0.25, 0.3) is 0 Å². The lowest BCUT2D eigenvalue weighted by Gasteiger charge is -2.15. The minimum Gasteiger partial charge on any atom is -0.424 e. The van der Waals surface area contributed by atoms with Crippen LogP contribution in [0.15, 0.2) is 18.2 Å². The van der Waals surface area contributed by atoms with E-state index in [0.717, 1.165) is 0 Å². The quantitative estimate of drug-likeness (QED) is 0.518. The highest BCUT2D eigenvalue weighted by molar-refractivity contribution is 6.46. The Kier molecular flexibility index (Phi) is 4.25. The molecule has 0 atom stereocenters. The SMILES string of the molecule is CC(=O)Oc1c(Cl)c(Cl)c(OC(C)=O)c2c(N)cccc12. The van der Waals surface area contributed by atoms with Crippen LogP contribution in [0.2, 0.25) is 10.0 Å². The van der Waals surface area contributed by atoms with Crippen molar-refractivity contribution in [2.75, 3.05) is 5.73 Å². The van der Waals surface area contributed by atoms with Gasteiger partial charge in [-0.05, 0) is 6.07 Å². The van der Waals surface area contributed by atoms with Crippen LogP contribution in [0.5, 0.6) is 11.5 Å². The Balaban J connectivity index is 2.89. The lowest BCUT2D eigenvalue weighted by molar-refractivity contribution is -0.132. The average Bonchev–Trinajstić information content (AvgIpc) is 2.39. The summed E-state index contributed by atoms with van der Waals surface area (Å²) in [5, 5.41) is 0.712. The summed E-state index contributed by atoms with van der Waals surface area (Å²) in [6.45, 7) is 2.47. The van der Waals surface area contributed by atoms with E-state index >= 15 is 0 Å². The number of esters is 2. The van der Waals surface area contributed by atoms with Crippen LogP contribution in [0.25, 0.3) is 10.8 Å². The van der Waals surface area contributed by atoms with E-state index in [9.17, 15) is 9.59 Å². The van der Waals surface area contributed by atoms with E-state index in [2.05, 4.69) is 0 Å². The molecule has 2 aromatic rings. The van der Waals surface area contributed by atoms with Gasteiger partial charge in [0.1, 0.15) is 10.0 Å². The Morgan fingerprint density at radius 2 is 1.52 bits per heavy atom. The molecule has 2 aromatic carbocycles. The maximum atomic E-state index is 11.2. The fraction of sp³-hybridized carbons (Fsp3) is 0.143. The summed E-state index contributed by atoms with van der Waals surface area (Å²) in [7, 11) is 0. The molecular formula is C14H11Cl2NO4. The molecule has 0 amide bonds. The summed E-state index contributed by atoms with van der Waals surface area (Å²) >= 11 is 12.2. The average molecular weight is 328 g/mol. The summed E-state index contributed by atoms with van der Waals surface area (Å²) < 4.78 is 10.2. The second kappa shape index (κ2) is 5.79. The number of hydrogen-bond donors (Lipinski definition) is 1. The van der Waals surface area contributed by atoms with Crippen LogP contribution < -0.4 is 15.2 Å². The number of anilines is 1. The summed E-state index contributed by atoms with van der Waals surface area (Å²) in [5.41, 5.74) is 6.23. The van der Waals surface area contributed by atoms with Crippen LogP contribution in [0.3, 0.4) is 0 Å². The topological polar surface area (TPSA) is 78.6 Å². The monoisotopic (exact) mass is 327 g/mol. The normalized spacial score (nSPS) is 10.5. The van der Waals surface area contributed by atoms with Crippen LogP contribution in [-0.4, -0.2) is 11.9 Å². The molecule has 0 aliphatic carbocycles. The lowest BCUT2D eigenvalue weighted by Crippen LogP contribution is -2.07. The van der Waals surface area contributed by atoms with Gasteiger partial charge >= 0.3 is 11.9 Å². The number of nitrogen functional groups attached to an aromatic ring is 1. The van der Waals surface area contributed by atoms with Gasteiger partial charge in [-0.25, -0.2) is 0 Å². The first-order valence-corrected chi connectivity index (χ1v) is 6.64. The summed E-state index contributed by atoms with van der Waals surface area (Å²) in [6, 6.07) is 4.91. The van der Waals surface area contributed by atoms with Crippen LogP contribution in [0.1, 0.15) is 13.8 Å². The molecule has 0 spiro atoms. The molecular weight excluding hydrogens is 317 g/mol. The Morgan fingerprint density at radius 3 is 2.10 bits per heavy atom. The fourth-order valence-corrected chi connectivity index (χ4v) is 2.37. The Hall–Kier alpha value is -1.98. The van der Waals surface area contributed by atoms with E-state index in [0.29, 0.717) is 16.5 Å². The van der Waals surface area contributed by atoms with E-state index in [1.165, 1.54) is 13.8 Å². The van der Waals surface area contributed by atoms with E-state index in [1.54, 1.807) is 18.2 Å². The minimum atomic E-state index is -0.572. The molecule has 5 nitrogen and oxygen atoms in total. The number of nitrogens with two attached hydrogens (primary N) is 1. The second-order valence-corrected chi connectivity index (χ2v) is 5.00. The maximum absolute atomic E-state index is 11.2. The highest BCUT2D eigenvalue weighted by atomic mass is 35.5. The predicted octanol–water partition coefficient (Wildman–Crippen LogP) is 3.58. The highest BCUT2D eigenvalue weighted by Crippen LogP contribution is 2.48. The zero-order valence-corrected chi connectivity index (χ0v) is 12.7.